The van der Waals surface area contributed by atoms with Gasteiger partial charge in [0.25, 0.3) is 0 Å². The van der Waals surface area contributed by atoms with Crippen LogP contribution in [0.2, 0.25) is 0 Å². The smallest absolute Gasteiger partial charge is 0.174 e. The fraction of sp³-hybridized carbons (Fsp3) is 0.571. The van der Waals surface area contributed by atoms with E-state index in [4.69, 9.17) is 0 Å². The Hall–Kier alpha value is -1.26. The van der Waals surface area contributed by atoms with E-state index in [9.17, 15) is 19.8 Å². The van der Waals surface area contributed by atoms with Gasteiger partial charge in [-0.15, -0.1) is 0 Å². The Balaban J connectivity index is 2.68. The van der Waals surface area contributed by atoms with Crippen LogP contribution >= 0.6 is 0 Å². The molecule has 0 bridgehead atoms. The number of aldehydes is 1. The molecule has 0 heterocycles. The number of rotatable bonds is 5. The summed E-state index contributed by atoms with van der Waals surface area (Å²) in [5, 5.41) is 18.9. The van der Waals surface area contributed by atoms with Crippen molar-refractivity contribution in [2.24, 2.45) is 11.8 Å². The Labute approximate surface area is 107 Å². The predicted octanol–water partition coefficient (Wildman–Crippen LogP) is 1.02. The van der Waals surface area contributed by atoms with Crippen molar-refractivity contribution in [1.29, 1.82) is 0 Å². The van der Waals surface area contributed by atoms with Gasteiger partial charge in [0.1, 0.15) is 12.4 Å². The molecule has 1 aliphatic carbocycles. The molecular formula is C14H20O4. The summed E-state index contributed by atoms with van der Waals surface area (Å²) >= 11 is 0. The van der Waals surface area contributed by atoms with Gasteiger partial charge in [-0.3, -0.25) is 4.79 Å². The topological polar surface area (TPSA) is 74.6 Å². The Morgan fingerprint density at radius 3 is 2.67 bits per heavy atom. The van der Waals surface area contributed by atoms with Gasteiger partial charge in [0.05, 0.1) is 12.0 Å². The molecule has 4 nitrogen and oxygen atoms in total. The minimum absolute atomic E-state index is 0.231. The van der Waals surface area contributed by atoms with Crippen LogP contribution in [0.15, 0.2) is 24.3 Å². The first-order valence-corrected chi connectivity index (χ1v) is 6.30. The van der Waals surface area contributed by atoms with Gasteiger partial charge in [0.15, 0.2) is 5.78 Å². The minimum atomic E-state index is -1.43. The molecule has 0 amide bonds. The second kappa shape index (κ2) is 7.24. The number of carbonyl (C=O) groups is 2. The molecule has 1 rings (SSSR count). The standard InChI is InChI=1S/C14H20O4/c1-2-3-4-5-6-7-10-8-12(16)14(18)13(17)11(10)9-15/h4-7,9-12,14,16,18H,2-3,8H2,1H3/b5-4+,7-6+/t10-,11+,12-,14-/m1/s1. The molecule has 4 heteroatoms. The number of allylic oxidation sites excluding steroid dienone is 4. The van der Waals surface area contributed by atoms with Gasteiger partial charge >= 0.3 is 0 Å². The number of hydrogen-bond donors (Lipinski definition) is 2. The SMILES string of the molecule is CCC/C=C/C=C/[C@@H]1C[C@@H](O)[C@@H](O)C(=O)[C@H]1C=O. The Morgan fingerprint density at radius 1 is 1.33 bits per heavy atom. The molecule has 2 N–H and O–H groups in total. The van der Waals surface area contributed by atoms with Gasteiger partial charge in [-0.05, 0) is 18.8 Å². The van der Waals surface area contributed by atoms with Gasteiger partial charge in [-0.2, -0.15) is 0 Å². The first kappa shape index (κ1) is 14.8. The van der Waals surface area contributed by atoms with Gasteiger partial charge in [0.2, 0.25) is 0 Å². The number of unbranched alkanes of at least 4 members (excludes halogenated alkanes) is 1. The molecule has 0 radical (unpaired) electrons. The monoisotopic (exact) mass is 252 g/mol. The van der Waals surface area contributed by atoms with E-state index in [1.54, 1.807) is 12.2 Å². The number of carbonyl (C=O) groups excluding carboxylic acids is 2. The fourth-order valence-electron chi connectivity index (χ4n) is 2.07. The maximum atomic E-state index is 11.6. The summed E-state index contributed by atoms with van der Waals surface area (Å²) in [5.41, 5.74) is 0. The van der Waals surface area contributed by atoms with Crippen LogP contribution in [-0.2, 0) is 9.59 Å². The molecule has 0 aliphatic heterocycles. The average molecular weight is 252 g/mol. The Bertz CT molecular complexity index is 346. The molecule has 1 fully saturated rings. The highest BCUT2D eigenvalue weighted by Gasteiger charge is 2.41. The number of ketones is 1. The van der Waals surface area contributed by atoms with Gasteiger partial charge in [-0.1, -0.05) is 37.6 Å². The highest BCUT2D eigenvalue weighted by atomic mass is 16.3. The van der Waals surface area contributed by atoms with Crippen molar-refractivity contribution in [3.05, 3.63) is 24.3 Å². The maximum Gasteiger partial charge on any atom is 0.174 e. The van der Waals surface area contributed by atoms with E-state index in [1.165, 1.54) is 0 Å². The Morgan fingerprint density at radius 2 is 2.06 bits per heavy atom. The molecule has 0 aromatic rings. The van der Waals surface area contributed by atoms with Gasteiger partial charge in [-0.25, -0.2) is 0 Å². The van der Waals surface area contributed by atoms with Crippen molar-refractivity contribution >= 4 is 12.1 Å². The van der Waals surface area contributed by atoms with Crippen molar-refractivity contribution in [3.63, 3.8) is 0 Å². The summed E-state index contributed by atoms with van der Waals surface area (Å²) in [5.74, 6) is -1.77. The fourth-order valence-corrected chi connectivity index (χ4v) is 2.07. The van der Waals surface area contributed by atoms with Crippen LogP contribution in [0.4, 0.5) is 0 Å². The molecule has 0 saturated heterocycles. The second-order valence-corrected chi connectivity index (χ2v) is 4.58. The number of aliphatic hydroxyl groups is 2. The van der Waals surface area contributed by atoms with Crippen molar-refractivity contribution in [1.82, 2.24) is 0 Å². The summed E-state index contributed by atoms with van der Waals surface area (Å²) in [6.45, 7) is 2.08. The van der Waals surface area contributed by atoms with E-state index < -0.39 is 23.9 Å². The number of hydrogen-bond acceptors (Lipinski definition) is 4. The molecule has 0 aromatic heterocycles. The normalized spacial score (nSPS) is 33.4. The quantitative estimate of drug-likeness (QED) is 0.435. The van der Waals surface area contributed by atoms with Crippen LogP contribution in [0.5, 0.6) is 0 Å². The first-order chi connectivity index (χ1) is 8.61. The molecule has 100 valence electrons. The van der Waals surface area contributed by atoms with Crippen LogP contribution < -0.4 is 0 Å². The molecule has 1 aliphatic rings. The van der Waals surface area contributed by atoms with Crippen molar-refractivity contribution < 1.29 is 19.8 Å². The van der Waals surface area contributed by atoms with Crippen LogP contribution in [-0.4, -0.2) is 34.5 Å². The zero-order valence-corrected chi connectivity index (χ0v) is 10.5. The third kappa shape index (κ3) is 3.62. The van der Waals surface area contributed by atoms with Gasteiger partial charge in [0, 0.05) is 0 Å². The first-order valence-electron chi connectivity index (χ1n) is 6.30. The zero-order valence-electron chi connectivity index (χ0n) is 10.5. The number of Topliss-reactive ketones (excluding diaryl/α,β-unsaturated/α-hetero) is 1. The van der Waals surface area contributed by atoms with E-state index >= 15 is 0 Å². The lowest BCUT2D eigenvalue weighted by Crippen LogP contribution is -2.47. The summed E-state index contributed by atoms with van der Waals surface area (Å²) in [6, 6.07) is 0. The third-order valence-electron chi connectivity index (χ3n) is 3.17. The van der Waals surface area contributed by atoms with E-state index in [1.807, 2.05) is 12.2 Å². The van der Waals surface area contributed by atoms with Crippen molar-refractivity contribution in [3.8, 4) is 0 Å². The molecule has 0 spiro atoms. The summed E-state index contributed by atoms with van der Waals surface area (Å²) in [4.78, 5) is 22.5. The van der Waals surface area contributed by atoms with E-state index in [0.717, 1.165) is 12.8 Å². The molecule has 1 saturated carbocycles. The van der Waals surface area contributed by atoms with Crippen LogP contribution in [0.3, 0.4) is 0 Å². The number of aliphatic hydroxyl groups excluding tert-OH is 2. The largest absolute Gasteiger partial charge is 0.390 e. The van der Waals surface area contributed by atoms with E-state index in [-0.39, 0.29) is 12.3 Å². The summed E-state index contributed by atoms with van der Waals surface area (Å²) < 4.78 is 0. The average Bonchev–Trinajstić information content (AvgIpc) is 2.36. The maximum absolute atomic E-state index is 11.6. The van der Waals surface area contributed by atoms with Gasteiger partial charge < -0.3 is 15.0 Å². The minimum Gasteiger partial charge on any atom is -0.390 e. The molecule has 18 heavy (non-hydrogen) atoms. The predicted molar refractivity (Wildman–Crippen MR) is 67.9 cm³/mol. The van der Waals surface area contributed by atoms with E-state index in [0.29, 0.717) is 6.29 Å². The lowest BCUT2D eigenvalue weighted by molar-refractivity contribution is -0.146. The highest BCUT2D eigenvalue weighted by molar-refractivity contribution is 5.97. The second-order valence-electron chi connectivity index (χ2n) is 4.58. The molecule has 0 unspecified atom stereocenters. The third-order valence-corrected chi connectivity index (χ3v) is 3.17. The van der Waals surface area contributed by atoms with E-state index in [2.05, 4.69) is 6.92 Å². The molecule has 0 aromatic carbocycles. The Kier molecular flexibility index (Phi) is 5.95. The molecule has 4 atom stereocenters. The molecular weight excluding hydrogens is 232 g/mol. The van der Waals surface area contributed by atoms with Crippen LogP contribution in [0.25, 0.3) is 0 Å². The zero-order chi connectivity index (χ0) is 13.5. The van der Waals surface area contributed by atoms with Crippen molar-refractivity contribution in [2.45, 2.75) is 38.4 Å². The lowest BCUT2D eigenvalue weighted by Gasteiger charge is -2.31. The lowest BCUT2D eigenvalue weighted by atomic mass is 9.76. The highest BCUT2D eigenvalue weighted by Crippen LogP contribution is 2.28. The summed E-state index contributed by atoms with van der Waals surface area (Å²) in [7, 11) is 0. The van der Waals surface area contributed by atoms with Crippen molar-refractivity contribution in [2.75, 3.05) is 0 Å². The van der Waals surface area contributed by atoms with Crippen LogP contribution in [0.1, 0.15) is 26.2 Å². The summed E-state index contributed by atoms with van der Waals surface area (Å²) in [6.07, 6.45) is 7.72. The van der Waals surface area contributed by atoms with Crippen LogP contribution in [0, 0.1) is 11.8 Å².